The molecule has 0 spiro atoms. The summed E-state index contributed by atoms with van der Waals surface area (Å²) in [5.74, 6) is -0.324. The fraction of sp³-hybridized carbons (Fsp3) is 0.588. The van der Waals surface area contributed by atoms with E-state index in [0.29, 0.717) is 19.8 Å². The first-order valence-electron chi connectivity index (χ1n) is 8.14. The predicted molar refractivity (Wildman–Crippen MR) is 85.1 cm³/mol. The molecule has 5 nitrogen and oxygen atoms in total. The van der Waals surface area contributed by atoms with Crippen molar-refractivity contribution in [2.75, 3.05) is 37.8 Å². The molecule has 2 heterocycles. The van der Waals surface area contributed by atoms with Crippen LogP contribution in [0.15, 0.2) is 18.2 Å². The van der Waals surface area contributed by atoms with Gasteiger partial charge < -0.3 is 19.7 Å². The van der Waals surface area contributed by atoms with Crippen LogP contribution in [-0.4, -0.2) is 51.0 Å². The van der Waals surface area contributed by atoms with Crippen molar-refractivity contribution in [2.24, 2.45) is 0 Å². The fourth-order valence-corrected chi connectivity index (χ4v) is 3.22. The average molecular weight is 322 g/mol. The number of benzene rings is 1. The molecule has 23 heavy (non-hydrogen) atoms. The van der Waals surface area contributed by atoms with E-state index in [2.05, 4.69) is 10.2 Å². The number of hydrogen-bond donors (Lipinski definition) is 1. The summed E-state index contributed by atoms with van der Waals surface area (Å²) < 4.78 is 24.0. The van der Waals surface area contributed by atoms with E-state index in [9.17, 15) is 9.18 Å². The van der Waals surface area contributed by atoms with Crippen molar-refractivity contribution in [3.05, 3.63) is 29.6 Å². The maximum atomic E-state index is 13.3. The number of hydrogen-bond acceptors (Lipinski definition) is 4. The summed E-state index contributed by atoms with van der Waals surface area (Å²) in [5.41, 5.74) is 1.95. The molecular formula is C17H23FN2O3. The van der Waals surface area contributed by atoms with Gasteiger partial charge in [0.05, 0.1) is 19.8 Å². The van der Waals surface area contributed by atoms with E-state index in [1.165, 1.54) is 6.07 Å². The average Bonchev–Trinajstić information content (AvgIpc) is 2.56. The van der Waals surface area contributed by atoms with Crippen LogP contribution in [-0.2, 0) is 14.3 Å². The summed E-state index contributed by atoms with van der Waals surface area (Å²) in [6, 6.07) is 4.92. The lowest BCUT2D eigenvalue weighted by Gasteiger charge is -2.36. The first-order valence-corrected chi connectivity index (χ1v) is 8.14. The number of carbonyl (C=O) groups excluding carboxylic acids is 1. The van der Waals surface area contributed by atoms with E-state index in [1.807, 2.05) is 13.0 Å². The second kappa shape index (κ2) is 7.27. The Morgan fingerprint density at radius 1 is 1.39 bits per heavy atom. The first kappa shape index (κ1) is 16.2. The van der Waals surface area contributed by atoms with Crippen LogP contribution in [0.3, 0.4) is 0 Å². The minimum atomic E-state index is -0.508. The number of amides is 1. The summed E-state index contributed by atoms with van der Waals surface area (Å²) >= 11 is 0. The van der Waals surface area contributed by atoms with Crippen LogP contribution in [0.4, 0.5) is 10.1 Å². The number of carbonyl (C=O) groups is 1. The summed E-state index contributed by atoms with van der Waals surface area (Å²) in [6.45, 7) is 4.88. The molecule has 1 amide bonds. The lowest BCUT2D eigenvalue weighted by atomic mass is 10.0. The van der Waals surface area contributed by atoms with E-state index in [4.69, 9.17) is 9.47 Å². The van der Waals surface area contributed by atoms with Gasteiger partial charge in [0.2, 0.25) is 0 Å². The molecule has 0 aliphatic carbocycles. The van der Waals surface area contributed by atoms with Gasteiger partial charge in [-0.3, -0.25) is 4.79 Å². The van der Waals surface area contributed by atoms with Crippen molar-refractivity contribution >= 4 is 11.6 Å². The Hall–Kier alpha value is -1.66. The molecule has 2 saturated heterocycles. The number of halogens is 1. The Morgan fingerprint density at radius 3 is 3.00 bits per heavy atom. The van der Waals surface area contributed by atoms with Crippen molar-refractivity contribution in [1.29, 1.82) is 0 Å². The third kappa shape index (κ3) is 4.00. The molecular weight excluding hydrogens is 299 g/mol. The van der Waals surface area contributed by atoms with Crippen LogP contribution in [0.1, 0.15) is 18.4 Å². The van der Waals surface area contributed by atoms with Crippen LogP contribution in [0.5, 0.6) is 0 Å². The minimum Gasteiger partial charge on any atom is -0.376 e. The Kier molecular flexibility index (Phi) is 5.13. The largest absolute Gasteiger partial charge is 0.376 e. The van der Waals surface area contributed by atoms with Crippen molar-refractivity contribution in [2.45, 2.75) is 31.9 Å². The Balaban J connectivity index is 1.60. The van der Waals surface area contributed by atoms with Gasteiger partial charge in [0.15, 0.2) is 6.10 Å². The molecule has 3 rings (SSSR count). The number of rotatable bonds is 3. The number of nitrogens with zero attached hydrogens (tertiary/aromatic N) is 1. The fourth-order valence-electron chi connectivity index (χ4n) is 3.22. The molecule has 6 heteroatoms. The maximum Gasteiger partial charge on any atom is 0.251 e. The summed E-state index contributed by atoms with van der Waals surface area (Å²) in [7, 11) is 0. The minimum absolute atomic E-state index is 0.0752. The van der Waals surface area contributed by atoms with E-state index in [1.54, 1.807) is 6.07 Å². The van der Waals surface area contributed by atoms with E-state index < -0.39 is 6.10 Å². The van der Waals surface area contributed by atoms with Gasteiger partial charge in [-0.05, 0) is 43.5 Å². The molecule has 0 saturated carbocycles. The van der Waals surface area contributed by atoms with Gasteiger partial charge >= 0.3 is 0 Å². The third-order valence-corrected chi connectivity index (χ3v) is 4.38. The van der Waals surface area contributed by atoms with Crippen LogP contribution in [0, 0.1) is 12.7 Å². The smallest absolute Gasteiger partial charge is 0.251 e. The zero-order chi connectivity index (χ0) is 16.2. The van der Waals surface area contributed by atoms with Gasteiger partial charge in [0, 0.05) is 24.8 Å². The van der Waals surface area contributed by atoms with E-state index in [-0.39, 0.29) is 17.8 Å². The summed E-state index contributed by atoms with van der Waals surface area (Å²) in [5, 5.41) is 3.06. The summed E-state index contributed by atoms with van der Waals surface area (Å²) in [6.07, 6.45) is 1.42. The Morgan fingerprint density at radius 2 is 2.26 bits per heavy atom. The van der Waals surface area contributed by atoms with Crippen molar-refractivity contribution in [1.82, 2.24) is 5.32 Å². The van der Waals surface area contributed by atoms with Gasteiger partial charge in [-0.1, -0.05) is 0 Å². The van der Waals surface area contributed by atoms with Crippen molar-refractivity contribution in [3.8, 4) is 0 Å². The molecule has 0 unspecified atom stereocenters. The Labute approximate surface area is 135 Å². The zero-order valence-electron chi connectivity index (χ0n) is 13.4. The molecule has 1 aromatic rings. The van der Waals surface area contributed by atoms with Gasteiger partial charge in [-0.25, -0.2) is 4.39 Å². The molecule has 2 aliphatic heterocycles. The number of anilines is 1. The highest BCUT2D eigenvalue weighted by Crippen LogP contribution is 2.24. The highest BCUT2D eigenvalue weighted by atomic mass is 19.1. The van der Waals surface area contributed by atoms with E-state index in [0.717, 1.165) is 37.2 Å². The third-order valence-electron chi connectivity index (χ3n) is 4.38. The number of aryl methyl sites for hydroxylation is 1. The van der Waals surface area contributed by atoms with Crippen molar-refractivity contribution < 1.29 is 18.7 Å². The van der Waals surface area contributed by atoms with Crippen molar-refractivity contribution in [3.63, 3.8) is 0 Å². The molecule has 126 valence electrons. The van der Waals surface area contributed by atoms with Gasteiger partial charge in [0.1, 0.15) is 5.82 Å². The van der Waals surface area contributed by atoms with Gasteiger partial charge in [0.25, 0.3) is 5.91 Å². The molecule has 0 aromatic heterocycles. The summed E-state index contributed by atoms with van der Waals surface area (Å²) in [4.78, 5) is 14.4. The number of ether oxygens (including phenoxy) is 2. The highest BCUT2D eigenvalue weighted by Gasteiger charge is 2.27. The Bertz CT molecular complexity index is 561. The lowest BCUT2D eigenvalue weighted by molar-refractivity contribution is -0.148. The molecule has 2 atom stereocenters. The van der Waals surface area contributed by atoms with Gasteiger partial charge in [-0.15, -0.1) is 0 Å². The SMILES string of the molecule is Cc1cc(F)ccc1N1CCC[C@H](NC(=O)[C@@H]2COCCO2)C1. The standard InChI is InChI=1S/C17H23FN2O3/c1-12-9-13(18)4-5-15(12)20-6-2-3-14(10-20)19-17(21)16-11-22-7-8-23-16/h4-5,9,14,16H,2-3,6-8,10-11H2,1H3,(H,19,21)/t14-,16-/m0/s1. The maximum absolute atomic E-state index is 13.3. The molecule has 2 aliphatic rings. The molecule has 0 bridgehead atoms. The molecule has 1 N–H and O–H groups in total. The number of piperidine rings is 1. The number of nitrogens with one attached hydrogen (secondary N) is 1. The zero-order valence-corrected chi connectivity index (χ0v) is 13.4. The molecule has 2 fully saturated rings. The van der Waals surface area contributed by atoms with E-state index >= 15 is 0 Å². The molecule has 1 aromatic carbocycles. The molecule has 0 radical (unpaired) electrons. The predicted octanol–water partition coefficient (Wildman–Crippen LogP) is 1.63. The normalized spacial score (nSPS) is 25.2. The quantitative estimate of drug-likeness (QED) is 0.919. The first-order chi connectivity index (χ1) is 11.1. The van der Waals surface area contributed by atoms with Crippen LogP contribution >= 0.6 is 0 Å². The second-order valence-corrected chi connectivity index (χ2v) is 6.16. The van der Waals surface area contributed by atoms with Crippen LogP contribution in [0.2, 0.25) is 0 Å². The topological polar surface area (TPSA) is 50.8 Å². The van der Waals surface area contributed by atoms with Gasteiger partial charge in [-0.2, -0.15) is 0 Å². The second-order valence-electron chi connectivity index (χ2n) is 6.16. The highest BCUT2D eigenvalue weighted by molar-refractivity contribution is 5.81. The van der Waals surface area contributed by atoms with Crippen LogP contribution < -0.4 is 10.2 Å². The van der Waals surface area contributed by atoms with Crippen LogP contribution in [0.25, 0.3) is 0 Å². The monoisotopic (exact) mass is 322 g/mol. The lowest BCUT2D eigenvalue weighted by Crippen LogP contribution is -2.52.